The normalized spacial score (nSPS) is 16.1. The minimum atomic E-state index is -0.0317. The van der Waals surface area contributed by atoms with Gasteiger partial charge in [-0.15, -0.1) is 0 Å². The molecule has 3 aromatic rings. The van der Waals surface area contributed by atoms with Gasteiger partial charge in [-0.3, -0.25) is 14.3 Å². The zero-order valence-corrected chi connectivity index (χ0v) is 17.4. The fourth-order valence-corrected chi connectivity index (χ4v) is 3.97. The minimum Gasteiger partial charge on any atom is -0.370 e. The molecule has 1 atom stereocenters. The van der Waals surface area contributed by atoms with E-state index in [2.05, 4.69) is 27.4 Å². The van der Waals surface area contributed by atoms with E-state index in [1.807, 2.05) is 41.5 Å². The molecule has 1 N–H and O–H groups in total. The summed E-state index contributed by atoms with van der Waals surface area (Å²) < 4.78 is 3.53. The molecule has 0 spiro atoms. The molecule has 1 aliphatic rings. The van der Waals surface area contributed by atoms with Gasteiger partial charge in [-0.2, -0.15) is 5.10 Å². The van der Waals surface area contributed by atoms with Crippen molar-refractivity contribution in [1.29, 1.82) is 0 Å². The molecule has 0 saturated carbocycles. The van der Waals surface area contributed by atoms with Crippen molar-refractivity contribution in [1.82, 2.24) is 19.7 Å². The van der Waals surface area contributed by atoms with Gasteiger partial charge in [0.1, 0.15) is 0 Å². The van der Waals surface area contributed by atoms with Crippen LogP contribution in [-0.4, -0.2) is 39.9 Å². The Balaban J connectivity index is 1.59. The molecule has 1 aliphatic heterocycles. The maximum atomic E-state index is 12.4. The van der Waals surface area contributed by atoms with Crippen molar-refractivity contribution in [3.8, 4) is 11.1 Å². The molecule has 4 rings (SSSR count). The Kier molecular flexibility index (Phi) is 5.70. The number of amides is 1. The average molecular weight is 406 g/mol. The van der Waals surface area contributed by atoms with Gasteiger partial charge in [0.2, 0.25) is 5.91 Å². The standard InChI is InChI=1S/C23H27N5O2/c1-17(29)24-11-19-8-9-27(13-19)22-10-23(30)26(2)16-21(22)20-12-25-28(15-20)14-18-6-4-3-5-7-18/h3-7,10,12,15-16,19H,8-9,11,13-14H2,1-2H3,(H,24,29). The van der Waals surface area contributed by atoms with Crippen molar-refractivity contribution in [2.45, 2.75) is 19.9 Å². The van der Waals surface area contributed by atoms with Gasteiger partial charge >= 0.3 is 0 Å². The summed E-state index contributed by atoms with van der Waals surface area (Å²) in [4.78, 5) is 25.9. The molecule has 1 unspecified atom stereocenters. The SMILES string of the molecule is CC(=O)NCC1CCN(c2cc(=O)n(C)cc2-c2cnn(Cc3ccccc3)c2)C1. The van der Waals surface area contributed by atoms with Crippen molar-refractivity contribution in [3.05, 3.63) is 70.9 Å². The van der Waals surface area contributed by atoms with Crippen LogP contribution < -0.4 is 15.8 Å². The topological polar surface area (TPSA) is 72.2 Å². The first-order valence-electron chi connectivity index (χ1n) is 10.3. The maximum absolute atomic E-state index is 12.4. The first-order valence-corrected chi connectivity index (χ1v) is 10.3. The second-order valence-corrected chi connectivity index (χ2v) is 7.97. The second-order valence-electron chi connectivity index (χ2n) is 7.97. The van der Waals surface area contributed by atoms with Crippen LogP contribution in [0.2, 0.25) is 0 Å². The van der Waals surface area contributed by atoms with Crippen LogP contribution in [-0.2, 0) is 18.4 Å². The number of pyridine rings is 1. The van der Waals surface area contributed by atoms with Gasteiger partial charge in [0, 0.05) is 63.2 Å². The van der Waals surface area contributed by atoms with E-state index >= 15 is 0 Å². The largest absolute Gasteiger partial charge is 0.370 e. The number of anilines is 1. The molecular formula is C23H27N5O2. The molecule has 1 amide bonds. The lowest BCUT2D eigenvalue weighted by Crippen LogP contribution is -2.30. The summed E-state index contributed by atoms with van der Waals surface area (Å²) in [5, 5.41) is 7.44. The molecule has 1 fully saturated rings. The van der Waals surface area contributed by atoms with Gasteiger partial charge in [0.15, 0.2) is 0 Å². The van der Waals surface area contributed by atoms with E-state index < -0.39 is 0 Å². The molecular weight excluding hydrogens is 378 g/mol. The number of aromatic nitrogens is 3. The predicted molar refractivity (Wildman–Crippen MR) is 117 cm³/mol. The molecule has 0 radical (unpaired) electrons. The first kappa shape index (κ1) is 19.9. The Morgan fingerprint density at radius 1 is 1.23 bits per heavy atom. The molecule has 156 valence electrons. The number of rotatable bonds is 6. The lowest BCUT2D eigenvalue weighted by Gasteiger charge is -2.22. The number of nitrogens with one attached hydrogen (secondary N) is 1. The van der Waals surface area contributed by atoms with Crippen LogP contribution in [0, 0.1) is 5.92 Å². The molecule has 1 aromatic carbocycles. The van der Waals surface area contributed by atoms with Crippen molar-refractivity contribution < 1.29 is 4.79 Å². The monoisotopic (exact) mass is 405 g/mol. The van der Waals surface area contributed by atoms with E-state index in [9.17, 15) is 9.59 Å². The number of hydrogen-bond donors (Lipinski definition) is 1. The molecule has 0 aliphatic carbocycles. The molecule has 30 heavy (non-hydrogen) atoms. The minimum absolute atomic E-state index is 0.00597. The number of nitrogens with zero attached hydrogens (tertiary/aromatic N) is 4. The molecule has 7 nitrogen and oxygen atoms in total. The Labute approximate surface area is 175 Å². The second kappa shape index (κ2) is 8.57. The van der Waals surface area contributed by atoms with Crippen LogP contribution in [0.15, 0.2) is 59.8 Å². The van der Waals surface area contributed by atoms with Crippen LogP contribution in [0.1, 0.15) is 18.9 Å². The van der Waals surface area contributed by atoms with E-state index in [0.717, 1.165) is 36.3 Å². The van der Waals surface area contributed by atoms with Crippen molar-refractivity contribution in [3.63, 3.8) is 0 Å². The highest BCUT2D eigenvalue weighted by atomic mass is 16.1. The highest BCUT2D eigenvalue weighted by molar-refractivity contribution is 5.77. The highest BCUT2D eigenvalue weighted by Crippen LogP contribution is 2.32. The van der Waals surface area contributed by atoms with Crippen LogP contribution >= 0.6 is 0 Å². The van der Waals surface area contributed by atoms with E-state index in [1.165, 1.54) is 5.56 Å². The molecule has 1 saturated heterocycles. The van der Waals surface area contributed by atoms with E-state index in [4.69, 9.17) is 0 Å². The summed E-state index contributed by atoms with van der Waals surface area (Å²) in [6, 6.07) is 11.9. The van der Waals surface area contributed by atoms with E-state index in [-0.39, 0.29) is 11.5 Å². The number of carbonyl (C=O) groups excluding carboxylic acids is 1. The summed E-state index contributed by atoms with van der Waals surface area (Å²) >= 11 is 0. The Hall–Kier alpha value is -3.35. The first-order chi connectivity index (χ1) is 14.5. The molecule has 7 heteroatoms. The summed E-state index contributed by atoms with van der Waals surface area (Å²) in [5.41, 5.74) is 4.07. The van der Waals surface area contributed by atoms with Gasteiger partial charge in [0.05, 0.1) is 18.4 Å². The van der Waals surface area contributed by atoms with Gasteiger partial charge < -0.3 is 14.8 Å². The fraction of sp³-hybridized carbons (Fsp3) is 0.348. The maximum Gasteiger partial charge on any atom is 0.252 e. The Morgan fingerprint density at radius 3 is 2.80 bits per heavy atom. The van der Waals surface area contributed by atoms with Gasteiger partial charge in [0.25, 0.3) is 5.56 Å². The van der Waals surface area contributed by atoms with Crippen LogP contribution in [0.25, 0.3) is 11.1 Å². The Morgan fingerprint density at radius 2 is 2.03 bits per heavy atom. The zero-order chi connectivity index (χ0) is 21.1. The quantitative estimate of drug-likeness (QED) is 0.683. The average Bonchev–Trinajstić information content (AvgIpc) is 3.39. The molecule has 0 bridgehead atoms. The smallest absolute Gasteiger partial charge is 0.252 e. The number of hydrogen-bond acceptors (Lipinski definition) is 4. The van der Waals surface area contributed by atoms with E-state index in [1.54, 1.807) is 24.6 Å². The van der Waals surface area contributed by atoms with Crippen molar-refractivity contribution in [2.75, 3.05) is 24.5 Å². The van der Waals surface area contributed by atoms with Crippen LogP contribution in [0.3, 0.4) is 0 Å². The highest BCUT2D eigenvalue weighted by Gasteiger charge is 2.25. The van der Waals surface area contributed by atoms with Crippen molar-refractivity contribution >= 4 is 11.6 Å². The van der Waals surface area contributed by atoms with Crippen molar-refractivity contribution in [2.24, 2.45) is 13.0 Å². The van der Waals surface area contributed by atoms with Gasteiger partial charge in [-0.05, 0) is 17.9 Å². The lowest BCUT2D eigenvalue weighted by atomic mass is 10.1. The fourth-order valence-electron chi connectivity index (χ4n) is 3.97. The summed E-state index contributed by atoms with van der Waals surface area (Å²) in [7, 11) is 1.77. The molecule has 3 heterocycles. The van der Waals surface area contributed by atoms with Gasteiger partial charge in [-0.1, -0.05) is 30.3 Å². The van der Waals surface area contributed by atoms with Gasteiger partial charge in [-0.25, -0.2) is 0 Å². The Bertz CT molecular complexity index is 1090. The third-order valence-corrected chi connectivity index (χ3v) is 5.60. The van der Waals surface area contributed by atoms with E-state index in [0.29, 0.717) is 19.0 Å². The van der Waals surface area contributed by atoms with Crippen LogP contribution in [0.5, 0.6) is 0 Å². The zero-order valence-electron chi connectivity index (χ0n) is 17.4. The summed E-state index contributed by atoms with van der Waals surface area (Å²) in [6.07, 6.45) is 6.77. The summed E-state index contributed by atoms with van der Waals surface area (Å²) in [6.45, 7) is 4.59. The number of carbonyl (C=O) groups is 1. The number of benzene rings is 1. The van der Waals surface area contributed by atoms with Crippen LogP contribution in [0.4, 0.5) is 5.69 Å². The summed E-state index contributed by atoms with van der Waals surface area (Å²) in [5.74, 6) is 0.375. The number of aryl methyl sites for hydroxylation is 1. The third kappa shape index (κ3) is 4.45. The lowest BCUT2D eigenvalue weighted by molar-refractivity contribution is -0.119. The predicted octanol–water partition coefficient (Wildman–Crippen LogP) is 2.26. The molecule has 2 aromatic heterocycles. The third-order valence-electron chi connectivity index (χ3n) is 5.60.